The molecule has 0 bridgehead atoms. The standard InChI is InChI=1S/C15H19N3O.C2H4/c1-4-11(10-16)12-5-6-13-14(9-12)19-8-7-18(3)15(13)17-2;1-2/h4-6,9-10,16H,7-8H2,1-3H3;1-2H2/b11-4+,16-10?,17-15?;. The molecule has 112 valence electrons. The fourth-order valence-electron chi connectivity index (χ4n) is 2.23. The topological polar surface area (TPSA) is 48.7 Å². The van der Waals surface area contributed by atoms with E-state index >= 15 is 0 Å². The molecule has 0 atom stereocenters. The maximum absolute atomic E-state index is 7.42. The smallest absolute Gasteiger partial charge is 0.134 e. The predicted molar refractivity (Wildman–Crippen MR) is 90.7 cm³/mol. The van der Waals surface area contributed by atoms with Crippen molar-refractivity contribution in [3.63, 3.8) is 0 Å². The van der Waals surface area contributed by atoms with Crippen molar-refractivity contribution in [3.8, 4) is 5.75 Å². The third-order valence-electron chi connectivity index (χ3n) is 3.28. The fraction of sp³-hybridized carbons (Fsp3) is 0.294. The van der Waals surface area contributed by atoms with Crippen molar-refractivity contribution in [1.29, 1.82) is 5.41 Å². The Labute approximate surface area is 127 Å². The van der Waals surface area contributed by atoms with Crippen molar-refractivity contribution in [2.24, 2.45) is 4.99 Å². The van der Waals surface area contributed by atoms with E-state index in [0.29, 0.717) is 6.61 Å². The molecule has 0 fully saturated rings. The van der Waals surface area contributed by atoms with Crippen LogP contribution < -0.4 is 4.74 Å². The molecule has 21 heavy (non-hydrogen) atoms. The number of allylic oxidation sites excluding steroid dienone is 2. The molecule has 0 saturated heterocycles. The van der Waals surface area contributed by atoms with E-state index in [1.54, 1.807) is 7.05 Å². The van der Waals surface area contributed by atoms with E-state index in [4.69, 9.17) is 10.1 Å². The number of nitrogens with one attached hydrogen (secondary N) is 1. The highest BCUT2D eigenvalue weighted by Crippen LogP contribution is 2.27. The van der Waals surface area contributed by atoms with Crippen LogP contribution in [0.1, 0.15) is 18.1 Å². The Balaban J connectivity index is 0.00000106. The van der Waals surface area contributed by atoms with Gasteiger partial charge in [0.1, 0.15) is 18.2 Å². The number of likely N-dealkylation sites (N-methyl/N-ethyl adjacent to an activating group) is 1. The molecule has 1 heterocycles. The quantitative estimate of drug-likeness (QED) is 0.670. The van der Waals surface area contributed by atoms with Crippen LogP contribution in [0.15, 0.2) is 42.4 Å². The first-order valence-electron chi connectivity index (χ1n) is 6.83. The zero-order chi connectivity index (χ0) is 15.8. The number of fused-ring (bicyclic) bond motifs is 1. The highest BCUT2D eigenvalue weighted by Gasteiger charge is 2.19. The Hall–Kier alpha value is -2.36. The number of ether oxygens (including phenoxy) is 1. The van der Waals surface area contributed by atoms with Crippen molar-refractivity contribution in [2.75, 3.05) is 27.2 Å². The van der Waals surface area contributed by atoms with E-state index < -0.39 is 0 Å². The van der Waals surface area contributed by atoms with Crippen LogP contribution in [0.2, 0.25) is 0 Å². The minimum absolute atomic E-state index is 0.641. The molecule has 0 unspecified atom stereocenters. The van der Waals surface area contributed by atoms with Crippen LogP contribution in [0, 0.1) is 5.41 Å². The molecule has 0 radical (unpaired) electrons. The van der Waals surface area contributed by atoms with Crippen LogP contribution in [0.4, 0.5) is 0 Å². The highest BCUT2D eigenvalue weighted by molar-refractivity contribution is 6.09. The second-order valence-electron chi connectivity index (χ2n) is 4.42. The molecule has 1 N–H and O–H groups in total. The number of amidine groups is 1. The first-order chi connectivity index (χ1) is 10.2. The largest absolute Gasteiger partial charge is 0.491 e. The van der Waals surface area contributed by atoms with Crippen molar-refractivity contribution >= 4 is 17.6 Å². The minimum atomic E-state index is 0.641. The van der Waals surface area contributed by atoms with Crippen molar-refractivity contribution in [2.45, 2.75) is 6.92 Å². The van der Waals surface area contributed by atoms with E-state index in [9.17, 15) is 0 Å². The van der Waals surface area contributed by atoms with Crippen LogP contribution >= 0.6 is 0 Å². The summed E-state index contributed by atoms with van der Waals surface area (Å²) in [6, 6.07) is 6.01. The zero-order valence-electron chi connectivity index (χ0n) is 13.0. The number of rotatable bonds is 2. The Morgan fingerprint density at radius 1 is 1.43 bits per heavy atom. The molecular weight excluding hydrogens is 262 g/mol. The lowest BCUT2D eigenvalue weighted by Gasteiger charge is -2.17. The van der Waals surface area contributed by atoms with Crippen molar-refractivity contribution in [3.05, 3.63) is 48.6 Å². The third kappa shape index (κ3) is 3.60. The molecule has 0 amide bonds. The Morgan fingerprint density at radius 3 is 2.71 bits per heavy atom. The summed E-state index contributed by atoms with van der Waals surface area (Å²) in [6.45, 7) is 9.39. The zero-order valence-corrected chi connectivity index (χ0v) is 13.0. The molecule has 4 nitrogen and oxygen atoms in total. The predicted octanol–water partition coefficient (Wildman–Crippen LogP) is 3.24. The second kappa shape index (κ2) is 8.04. The Morgan fingerprint density at radius 2 is 2.14 bits per heavy atom. The van der Waals surface area contributed by atoms with Crippen LogP contribution in [0.25, 0.3) is 5.57 Å². The van der Waals surface area contributed by atoms with Gasteiger partial charge in [-0.05, 0) is 30.2 Å². The third-order valence-corrected chi connectivity index (χ3v) is 3.28. The SMILES string of the molecule is C/C=C(\C=N)c1ccc2c(c1)OCCN(C)C2=NC.C=C. The second-order valence-corrected chi connectivity index (χ2v) is 4.42. The van der Waals surface area contributed by atoms with Gasteiger partial charge in [0, 0.05) is 20.3 Å². The molecule has 1 aromatic carbocycles. The van der Waals surface area contributed by atoms with Gasteiger partial charge in [-0.15, -0.1) is 13.2 Å². The van der Waals surface area contributed by atoms with E-state index in [0.717, 1.165) is 34.8 Å². The van der Waals surface area contributed by atoms with Crippen molar-refractivity contribution in [1.82, 2.24) is 4.90 Å². The molecule has 1 aromatic rings. The molecule has 0 aromatic heterocycles. The number of nitrogens with zero attached hydrogens (tertiary/aromatic N) is 2. The van der Waals surface area contributed by atoms with E-state index in [-0.39, 0.29) is 0 Å². The maximum Gasteiger partial charge on any atom is 0.134 e. The van der Waals surface area contributed by atoms with Crippen molar-refractivity contribution < 1.29 is 4.74 Å². The molecule has 1 aliphatic heterocycles. The summed E-state index contributed by atoms with van der Waals surface area (Å²) >= 11 is 0. The van der Waals surface area contributed by atoms with Gasteiger partial charge in [-0.25, -0.2) is 0 Å². The Bertz CT molecular complexity index is 561. The van der Waals surface area contributed by atoms with Crippen LogP contribution in [0.5, 0.6) is 5.75 Å². The molecule has 2 rings (SSSR count). The van der Waals surface area contributed by atoms with Crippen LogP contribution in [-0.2, 0) is 0 Å². The van der Waals surface area contributed by atoms with Crippen LogP contribution in [0.3, 0.4) is 0 Å². The minimum Gasteiger partial charge on any atom is -0.491 e. The molecule has 0 spiro atoms. The normalized spacial score (nSPS) is 16.2. The summed E-state index contributed by atoms with van der Waals surface area (Å²) in [6.07, 6.45) is 3.28. The first kappa shape index (κ1) is 16.7. The molecule has 1 aliphatic rings. The van der Waals surface area contributed by atoms with Gasteiger partial charge in [0.2, 0.25) is 0 Å². The number of aliphatic imine (C=N–C) groups is 1. The van der Waals surface area contributed by atoms with E-state index in [2.05, 4.69) is 23.1 Å². The summed E-state index contributed by atoms with van der Waals surface area (Å²) < 4.78 is 5.81. The highest BCUT2D eigenvalue weighted by atomic mass is 16.5. The van der Waals surface area contributed by atoms with Crippen LogP contribution in [-0.4, -0.2) is 44.2 Å². The van der Waals surface area contributed by atoms with Gasteiger partial charge in [-0.1, -0.05) is 12.1 Å². The summed E-state index contributed by atoms with van der Waals surface area (Å²) in [4.78, 5) is 6.44. The van der Waals surface area contributed by atoms with E-state index in [1.165, 1.54) is 6.21 Å². The summed E-state index contributed by atoms with van der Waals surface area (Å²) in [5.74, 6) is 1.78. The monoisotopic (exact) mass is 285 g/mol. The van der Waals surface area contributed by atoms with Gasteiger partial charge < -0.3 is 15.0 Å². The van der Waals surface area contributed by atoms with Gasteiger partial charge >= 0.3 is 0 Å². The summed E-state index contributed by atoms with van der Waals surface area (Å²) in [5, 5.41) is 7.42. The molecule has 0 aliphatic carbocycles. The molecule has 4 heteroatoms. The fourth-order valence-corrected chi connectivity index (χ4v) is 2.23. The lowest BCUT2D eigenvalue weighted by atomic mass is 10.0. The number of hydrogen-bond donors (Lipinski definition) is 1. The van der Waals surface area contributed by atoms with Gasteiger partial charge in [0.05, 0.1) is 12.1 Å². The summed E-state index contributed by atoms with van der Waals surface area (Å²) in [7, 11) is 3.81. The average Bonchev–Trinajstić information content (AvgIpc) is 2.68. The lowest BCUT2D eigenvalue weighted by Crippen LogP contribution is -2.28. The number of benzene rings is 1. The lowest BCUT2D eigenvalue weighted by molar-refractivity contribution is 0.294. The van der Waals surface area contributed by atoms with E-state index in [1.807, 2.05) is 38.2 Å². The van der Waals surface area contributed by atoms with Gasteiger partial charge in [0.15, 0.2) is 0 Å². The average molecular weight is 285 g/mol. The molecular formula is C17H23N3O. The maximum atomic E-state index is 7.42. The first-order valence-corrected chi connectivity index (χ1v) is 6.83. The van der Waals surface area contributed by atoms with Gasteiger partial charge in [0.25, 0.3) is 0 Å². The van der Waals surface area contributed by atoms with Gasteiger partial charge in [-0.3, -0.25) is 4.99 Å². The number of hydrogen-bond acceptors (Lipinski definition) is 3. The summed E-state index contributed by atoms with van der Waals surface area (Å²) in [5.41, 5.74) is 2.89. The molecule has 0 saturated carbocycles. The van der Waals surface area contributed by atoms with Gasteiger partial charge in [-0.2, -0.15) is 0 Å². The Kier molecular flexibility index (Phi) is 6.40.